The molecule has 0 aromatic carbocycles. The van der Waals surface area contributed by atoms with Gasteiger partial charge in [0.05, 0.1) is 5.92 Å². The summed E-state index contributed by atoms with van der Waals surface area (Å²) in [6.45, 7) is 6.85. The molecule has 1 saturated carbocycles. The van der Waals surface area contributed by atoms with Crippen molar-refractivity contribution < 1.29 is 9.53 Å². The van der Waals surface area contributed by atoms with E-state index in [2.05, 4.69) is 20.8 Å². The van der Waals surface area contributed by atoms with Crippen molar-refractivity contribution in [2.75, 3.05) is 6.54 Å². The van der Waals surface area contributed by atoms with E-state index in [1.807, 2.05) is 0 Å². The van der Waals surface area contributed by atoms with Crippen molar-refractivity contribution >= 4 is 5.97 Å². The molecular formula is C15H29NO2. The van der Waals surface area contributed by atoms with E-state index in [0.29, 0.717) is 12.5 Å². The van der Waals surface area contributed by atoms with Crippen LogP contribution in [0.4, 0.5) is 0 Å². The molecule has 1 aliphatic carbocycles. The van der Waals surface area contributed by atoms with Gasteiger partial charge in [-0.3, -0.25) is 4.79 Å². The Morgan fingerprint density at radius 1 is 1.39 bits per heavy atom. The Hall–Kier alpha value is -0.570. The zero-order valence-electron chi connectivity index (χ0n) is 12.2. The molecule has 0 aliphatic heterocycles. The van der Waals surface area contributed by atoms with E-state index in [-0.39, 0.29) is 18.0 Å². The zero-order chi connectivity index (χ0) is 13.5. The Labute approximate surface area is 111 Å². The maximum absolute atomic E-state index is 12.1. The molecule has 3 nitrogen and oxygen atoms in total. The van der Waals surface area contributed by atoms with Crippen LogP contribution in [-0.4, -0.2) is 18.6 Å². The van der Waals surface area contributed by atoms with Crippen LogP contribution in [0, 0.1) is 17.8 Å². The molecule has 0 aromatic heterocycles. The van der Waals surface area contributed by atoms with E-state index in [0.717, 1.165) is 25.2 Å². The third kappa shape index (κ3) is 4.97. The highest BCUT2D eigenvalue weighted by atomic mass is 16.5. The summed E-state index contributed by atoms with van der Waals surface area (Å²) in [6.07, 6.45) is 6.71. The van der Waals surface area contributed by atoms with Crippen molar-refractivity contribution in [3.05, 3.63) is 0 Å². The van der Waals surface area contributed by atoms with Crippen LogP contribution in [0.25, 0.3) is 0 Å². The molecule has 0 saturated heterocycles. The molecule has 2 N–H and O–H groups in total. The van der Waals surface area contributed by atoms with E-state index in [4.69, 9.17) is 10.5 Å². The smallest absolute Gasteiger partial charge is 0.310 e. The van der Waals surface area contributed by atoms with Gasteiger partial charge in [0.15, 0.2) is 0 Å². The Morgan fingerprint density at radius 3 is 2.67 bits per heavy atom. The van der Waals surface area contributed by atoms with E-state index in [9.17, 15) is 4.79 Å². The zero-order valence-corrected chi connectivity index (χ0v) is 12.2. The van der Waals surface area contributed by atoms with Gasteiger partial charge in [-0.2, -0.15) is 0 Å². The summed E-state index contributed by atoms with van der Waals surface area (Å²) in [6, 6.07) is 0. The first kappa shape index (κ1) is 15.5. The SMILES string of the molecule is CCC1CCCC(OC(=O)C(CN)CC(C)C)C1. The van der Waals surface area contributed by atoms with E-state index < -0.39 is 0 Å². The maximum Gasteiger partial charge on any atom is 0.310 e. The molecule has 0 amide bonds. The van der Waals surface area contributed by atoms with Crippen molar-refractivity contribution in [2.45, 2.75) is 65.4 Å². The highest BCUT2D eigenvalue weighted by Crippen LogP contribution is 2.29. The maximum atomic E-state index is 12.1. The molecule has 1 aliphatic rings. The van der Waals surface area contributed by atoms with Crippen LogP contribution >= 0.6 is 0 Å². The van der Waals surface area contributed by atoms with Crippen LogP contribution in [0.15, 0.2) is 0 Å². The summed E-state index contributed by atoms with van der Waals surface area (Å²) >= 11 is 0. The standard InChI is InChI=1S/C15H29NO2/c1-4-12-6-5-7-14(9-12)18-15(17)13(10-16)8-11(2)3/h11-14H,4-10,16H2,1-3H3. The van der Waals surface area contributed by atoms with E-state index >= 15 is 0 Å². The van der Waals surface area contributed by atoms with Gasteiger partial charge < -0.3 is 10.5 Å². The molecule has 1 fully saturated rings. The minimum atomic E-state index is -0.119. The van der Waals surface area contributed by atoms with Crippen LogP contribution in [0.3, 0.4) is 0 Å². The fourth-order valence-corrected chi connectivity index (χ4v) is 2.84. The fourth-order valence-electron chi connectivity index (χ4n) is 2.84. The lowest BCUT2D eigenvalue weighted by Crippen LogP contribution is -2.32. The number of esters is 1. The van der Waals surface area contributed by atoms with Gasteiger partial charge in [-0.25, -0.2) is 0 Å². The summed E-state index contributed by atoms with van der Waals surface area (Å²) in [5.41, 5.74) is 5.68. The second-order valence-electron chi connectivity index (χ2n) is 6.06. The predicted octanol–water partition coefficient (Wildman–Crippen LogP) is 3.12. The third-order valence-electron chi connectivity index (χ3n) is 3.97. The molecule has 3 heteroatoms. The van der Waals surface area contributed by atoms with Gasteiger partial charge in [0.1, 0.15) is 6.10 Å². The summed E-state index contributed by atoms with van der Waals surface area (Å²) < 4.78 is 5.66. The van der Waals surface area contributed by atoms with Crippen molar-refractivity contribution in [3.63, 3.8) is 0 Å². The Balaban J connectivity index is 2.42. The van der Waals surface area contributed by atoms with Crippen LogP contribution in [0.5, 0.6) is 0 Å². The Morgan fingerprint density at radius 2 is 2.11 bits per heavy atom. The molecule has 106 valence electrons. The van der Waals surface area contributed by atoms with E-state index in [1.165, 1.54) is 19.3 Å². The van der Waals surface area contributed by atoms with Crippen molar-refractivity contribution in [3.8, 4) is 0 Å². The largest absolute Gasteiger partial charge is 0.462 e. The molecule has 1 rings (SSSR count). The van der Waals surface area contributed by atoms with Gasteiger partial charge in [-0.05, 0) is 37.5 Å². The van der Waals surface area contributed by atoms with Crippen molar-refractivity contribution in [1.29, 1.82) is 0 Å². The number of rotatable bonds is 6. The second kappa shape index (κ2) is 7.78. The van der Waals surface area contributed by atoms with Gasteiger partial charge in [-0.1, -0.05) is 33.6 Å². The molecule has 18 heavy (non-hydrogen) atoms. The summed E-state index contributed by atoms with van der Waals surface area (Å²) in [7, 11) is 0. The van der Waals surface area contributed by atoms with Gasteiger partial charge in [-0.15, -0.1) is 0 Å². The molecule has 0 aromatic rings. The Bertz CT molecular complexity index is 253. The number of hydrogen-bond donors (Lipinski definition) is 1. The molecule has 3 atom stereocenters. The predicted molar refractivity (Wildman–Crippen MR) is 74.1 cm³/mol. The highest BCUT2D eigenvalue weighted by molar-refractivity contribution is 5.72. The lowest BCUT2D eigenvalue weighted by Gasteiger charge is -2.29. The monoisotopic (exact) mass is 255 g/mol. The van der Waals surface area contributed by atoms with Crippen molar-refractivity contribution in [1.82, 2.24) is 0 Å². The summed E-state index contributed by atoms with van der Waals surface area (Å²) in [5, 5.41) is 0. The first-order valence-electron chi connectivity index (χ1n) is 7.47. The van der Waals surface area contributed by atoms with Gasteiger partial charge in [0.25, 0.3) is 0 Å². The minimum Gasteiger partial charge on any atom is -0.462 e. The lowest BCUT2D eigenvalue weighted by molar-refractivity contribution is -0.156. The van der Waals surface area contributed by atoms with Crippen LogP contribution in [-0.2, 0) is 9.53 Å². The topological polar surface area (TPSA) is 52.3 Å². The van der Waals surface area contributed by atoms with E-state index in [1.54, 1.807) is 0 Å². The molecule has 0 radical (unpaired) electrons. The lowest BCUT2D eigenvalue weighted by atomic mass is 9.85. The first-order chi connectivity index (χ1) is 8.56. The van der Waals surface area contributed by atoms with Gasteiger partial charge >= 0.3 is 5.97 Å². The third-order valence-corrected chi connectivity index (χ3v) is 3.97. The quantitative estimate of drug-likeness (QED) is 0.742. The van der Waals surface area contributed by atoms with Crippen LogP contribution in [0.1, 0.15) is 59.3 Å². The normalized spacial score (nSPS) is 26.1. The highest BCUT2D eigenvalue weighted by Gasteiger charge is 2.27. The number of carbonyl (C=O) groups excluding carboxylic acids is 1. The number of ether oxygens (including phenoxy) is 1. The molecule has 0 bridgehead atoms. The van der Waals surface area contributed by atoms with Crippen molar-refractivity contribution in [2.24, 2.45) is 23.5 Å². The fraction of sp³-hybridized carbons (Fsp3) is 0.933. The number of hydrogen-bond acceptors (Lipinski definition) is 3. The minimum absolute atomic E-state index is 0.0760. The molecular weight excluding hydrogens is 226 g/mol. The molecule has 3 unspecified atom stereocenters. The molecule has 0 spiro atoms. The first-order valence-corrected chi connectivity index (χ1v) is 7.47. The van der Waals surface area contributed by atoms with Gasteiger partial charge in [0, 0.05) is 6.54 Å². The Kier molecular flexibility index (Phi) is 6.69. The summed E-state index contributed by atoms with van der Waals surface area (Å²) in [5.74, 6) is 1.03. The second-order valence-corrected chi connectivity index (χ2v) is 6.06. The van der Waals surface area contributed by atoms with Gasteiger partial charge in [0.2, 0.25) is 0 Å². The number of carbonyl (C=O) groups is 1. The average Bonchev–Trinajstić information content (AvgIpc) is 2.35. The number of nitrogens with two attached hydrogens (primary N) is 1. The van der Waals surface area contributed by atoms with Crippen LogP contribution < -0.4 is 5.73 Å². The molecule has 0 heterocycles. The average molecular weight is 255 g/mol. The summed E-state index contributed by atoms with van der Waals surface area (Å²) in [4.78, 5) is 12.1. The van der Waals surface area contributed by atoms with Crippen LogP contribution in [0.2, 0.25) is 0 Å².